The van der Waals surface area contributed by atoms with E-state index in [0.29, 0.717) is 11.5 Å². The van der Waals surface area contributed by atoms with Crippen LogP contribution in [0.15, 0.2) is 48.0 Å². The minimum absolute atomic E-state index is 0.491. The molecule has 0 spiro atoms. The average Bonchev–Trinajstić information content (AvgIpc) is 2.84. The van der Waals surface area contributed by atoms with Crippen molar-refractivity contribution in [2.24, 2.45) is 5.92 Å². The Kier molecular flexibility index (Phi) is 3.96. The van der Waals surface area contributed by atoms with Crippen molar-refractivity contribution in [2.75, 3.05) is 0 Å². The molecule has 0 nitrogen and oxygen atoms in total. The summed E-state index contributed by atoms with van der Waals surface area (Å²) in [5.74, 6) is 0.491. The molecule has 0 saturated heterocycles. The molecule has 23 heavy (non-hydrogen) atoms. The Morgan fingerprint density at radius 3 is 2.22 bits per heavy atom. The third kappa shape index (κ3) is 2.88. The standard InChI is InChI=1S/C19H19F3Si/c1-11(2)16-10-17-14(4-3-5-15(17)18(16)23)12-6-8-13(9-7-12)19(20,21)22/h3-11,18H,1-2,23H3. The van der Waals surface area contributed by atoms with Gasteiger partial charge in [0, 0.05) is 10.2 Å². The van der Waals surface area contributed by atoms with Crippen molar-refractivity contribution in [2.45, 2.75) is 25.6 Å². The highest BCUT2D eigenvalue weighted by molar-refractivity contribution is 6.16. The molecule has 0 radical (unpaired) electrons. The second kappa shape index (κ2) is 5.68. The Labute approximate surface area is 137 Å². The van der Waals surface area contributed by atoms with Crippen LogP contribution in [-0.2, 0) is 6.18 Å². The number of alkyl halides is 3. The first-order valence-corrected chi connectivity index (χ1v) is 8.96. The molecule has 0 aliphatic heterocycles. The van der Waals surface area contributed by atoms with Crippen LogP contribution in [0.4, 0.5) is 13.2 Å². The number of halogens is 3. The van der Waals surface area contributed by atoms with E-state index in [1.165, 1.54) is 16.7 Å². The van der Waals surface area contributed by atoms with Gasteiger partial charge in [0.05, 0.1) is 5.56 Å². The lowest BCUT2D eigenvalue weighted by Crippen LogP contribution is -2.04. The molecular formula is C19H19F3Si. The van der Waals surface area contributed by atoms with Crippen molar-refractivity contribution in [3.63, 3.8) is 0 Å². The van der Waals surface area contributed by atoms with Crippen LogP contribution in [0, 0.1) is 5.92 Å². The second-order valence-electron chi connectivity index (χ2n) is 6.40. The summed E-state index contributed by atoms with van der Waals surface area (Å²) in [6, 6.07) is 11.6. The van der Waals surface area contributed by atoms with E-state index in [0.717, 1.165) is 33.5 Å². The summed E-state index contributed by atoms with van der Waals surface area (Å²) in [5, 5.41) is 0. The maximum absolute atomic E-state index is 12.7. The van der Waals surface area contributed by atoms with E-state index in [1.54, 1.807) is 12.1 Å². The van der Waals surface area contributed by atoms with Crippen LogP contribution < -0.4 is 0 Å². The lowest BCUT2D eigenvalue weighted by Gasteiger charge is -2.15. The molecule has 0 heterocycles. The molecule has 3 rings (SSSR count). The van der Waals surface area contributed by atoms with Gasteiger partial charge >= 0.3 is 6.18 Å². The molecule has 1 aliphatic rings. The highest BCUT2D eigenvalue weighted by Crippen LogP contribution is 2.42. The molecule has 1 aliphatic carbocycles. The smallest absolute Gasteiger partial charge is 0.166 e. The molecule has 2 aromatic rings. The molecule has 0 saturated carbocycles. The van der Waals surface area contributed by atoms with Crippen molar-refractivity contribution < 1.29 is 13.2 Å². The van der Waals surface area contributed by atoms with E-state index in [1.807, 2.05) is 12.1 Å². The van der Waals surface area contributed by atoms with Crippen molar-refractivity contribution >= 4 is 16.3 Å². The molecule has 2 aromatic carbocycles. The van der Waals surface area contributed by atoms with Gasteiger partial charge in [-0.1, -0.05) is 55.8 Å². The topological polar surface area (TPSA) is 0 Å². The van der Waals surface area contributed by atoms with Crippen LogP contribution in [0.2, 0.25) is 0 Å². The Bertz CT molecular complexity index is 755. The van der Waals surface area contributed by atoms with Crippen LogP contribution >= 0.6 is 0 Å². The van der Waals surface area contributed by atoms with Gasteiger partial charge in [-0.05, 0) is 45.8 Å². The SMILES string of the molecule is CC(C)C1=Cc2c(-c3ccc(C(F)(F)F)cc3)cccc2C1[SiH3]. The summed E-state index contributed by atoms with van der Waals surface area (Å²) in [4.78, 5) is 0. The Balaban J connectivity index is 2.07. The van der Waals surface area contributed by atoms with Gasteiger partial charge in [-0.25, -0.2) is 0 Å². The second-order valence-corrected chi connectivity index (χ2v) is 7.56. The number of hydrogen-bond donors (Lipinski definition) is 0. The molecule has 1 unspecified atom stereocenters. The molecule has 0 aromatic heterocycles. The van der Waals surface area contributed by atoms with E-state index in [4.69, 9.17) is 0 Å². The number of fused-ring (bicyclic) bond motifs is 1. The molecule has 0 bridgehead atoms. The van der Waals surface area contributed by atoms with Gasteiger partial charge in [-0.2, -0.15) is 13.2 Å². The van der Waals surface area contributed by atoms with Gasteiger partial charge in [0.25, 0.3) is 0 Å². The van der Waals surface area contributed by atoms with Gasteiger partial charge < -0.3 is 0 Å². The minimum atomic E-state index is -4.29. The fourth-order valence-corrected chi connectivity index (χ4v) is 4.69. The van der Waals surface area contributed by atoms with Gasteiger partial charge in [-0.15, -0.1) is 0 Å². The Morgan fingerprint density at radius 2 is 1.65 bits per heavy atom. The zero-order valence-electron chi connectivity index (χ0n) is 13.4. The zero-order valence-corrected chi connectivity index (χ0v) is 15.4. The summed E-state index contributed by atoms with van der Waals surface area (Å²) < 4.78 is 38.2. The monoisotopic (exact) mass is 332 g/mol. The molecule has 4 heteroatoms. The summed E-state index contributed by atoms with van der Waals surface area (Å²) in [5.41, 5.74) is 5.69. The highest BCUT2D eigenvalue weighted by atomic mass is 28.1. The maximum atomic E-state index is 12.7. The largest absolute Gasteiger partial charge is 0.416 e. The van der Waals surface area contributed by atoms with Gasteiger partial charge in [0.15, 0.2) is 0 Å². The van der Waals surface area contributed by atoms with Crippen LogP contribution in [0.25, 0.3) is 17.2 Å². The quantitative estimate of drug-likeness (QED) is 0.691. The first kappa shape index (κ1) is 16.1. The molecule has 0 amide bonds. The summed E-state index contributed by atoms with van der Waals surface area (Å²) in [6.07, 6.45) is -2.05. The van der Waals surface area contributed by atoms with Gasteiger partial charge in [-0.3, -0.25) is 0 Å². The average molecular weight is 332 g/mol. The van der Waals surface area contributed by atoms with Crippen LogP contribution in [0.1, 0.15) is 36.1 Å². The first-order chi connectivity index (χ1) is 10.8. The van der Waals surface area contributed by atoms with E-state index in [-0.39, 0.29) is 0 Å². The van der Waals surface area contributed by atoms with Crippen LogP contribution in [0.5, 0.6) is 0 Å². The van der Waals surface area contributed by atoms with Crippen molar-refractivity contribution in [1.29, 1.82) is 0 Å². The molecule has 0 fully saturated rings. The molecule has 120 valence electrons. The Morgan fingerprint density at radius 1 is 1.00 bits per heavy atom. The van der Waals surface area contributed by atoms with Crippen molar-refractivity contribution in [1.82, 2.24) is 0 Å². The lowest BCUT2D eigenvalue weighted by molar-refractivity contribution is -0.137. The van der Waals surface area contributed by atoms with E-state index >= 15 is 0 Å². The fourth-order valence-electron chi connectivity index (χ4n) is 3.35. The lowest BCUT2D eigenvalue weighted by atomic mass is 9.96. The van der Waals surface area contributed by atoms with Crippen LogP contribution in [0.3, 0.4) is 0 Å². The molecule has 0 N–H and O–H groups in total. The first-order valence-electron chi connectivity index (χ1n) is 7.81. The number of hydrogen-bond acceptors (Lipinski definition) is 0. The van der Waals surface area contributed by atoms with E-state index in [2.05, 4.69) is 26.0 Å². The minimum Gasteiger partial charge on any atom is -0.166 e. The van der Waals surface area contributed by atoms with Crippen LogP contribution in [-0.4, -0.2) is 10.2 Å². The molecule has 1 atom stereocenters. The van der Waals surface area contributed by atoms with E-state index < -0.39 is 11.7 Å². The number of allylic oxidation sites excluding steroid dienone is 1. The number of rotatable bonds is 2. The Hall–Kier alpha value is -1.81. The predicted octanol–water partition coefficient (Wildman–Crippen LogP) is 4.83. The summed E-state index contributed by atoms with van der Waals surface area (Å²) in [6.45, 7) is 4.39. The predicted molar refractivity (Wildman–Crippen MR) is 92.4 cm³/mol. The summed E-state index contributed by atoms with van der Waals surface area (Å²) >= 11 is 0. The van der Waals surface area contributed by atoms with E-state index in [9.17, 15) is 13.2 Å². The third-order valence-electron chi connectivity index (χ3n) is 4.61. The maximum Gasteiger partial charge on any atom is 0.416 e. The van der Waals surface area contributed by atoms with Gasteiger partial charge in [0.1, 0.15) is 0 Å². The zero-order chi connectivity index (χ0) is 16.8. The summed E-state index contributed by atoms with van der Waals surface area (Å²) in [7, 11) is 1.05. The normalized spacial score (nSPS) is 17.5. The third-order valence-corrected chi connectivity index (χ3v) is 5.90. The molecular weight excluding hydrogens is 313 g/mol. The highest BCUT2D eigenvalue weighted by Gasteiger charge is 2.30. The van der Waals surface area contributed by atoms with Crippen molar-refractivity contribution in [3.8, 4) is 11.1 Å². The van der Waals surface area contributed by atoms with Crippen molar-refractivity contribution in [3.05, 3.63) is 64.7 Å². The van der Waals surface area contributed by atoms with Gasteiger partial charge in [0.2, 0.25) is 0 Å². The fraction of sp³-hybridized carbons (Fsp3) is 0.263. The number of benzene rings is 2.